The van der Waals surface area contributed by atoms with E-state index in [0.717, 1.165) is 18.2 Å². The quantitative estimate of drug-likeness (QED) is 0.363. The van der Waals surface area contributed by atoms with Gasteiger partial charge in [-0.15, -0.1) is 0 Å². The number of nitrogens with one attached hydrogen (secondary N) is 1. The first-order valence-electron chi connectivity index (χ1n) is 5.31. The van der Waals surface area contributed by atoms with Crippen molar-refractivity contribution in [3.63, 3.8) is 0 Å². The summed E-state index contributed by atoms with van der Waals surface area (Å²) in [5, 5.41) is 14.8. The lowest BCUT2D eigenvalue weighted by Gasteiger charge is -2.08. The smallest absolute Gasteiger partial charge is 0.292 e. The van der Waals surface area contributed by atoms with Gasteiger partial charge < -0.3 is 10.1 Å². The van der Waals surface area contributed by atoms with Gasteiger partial charge in [0.05, 0.1) is 12.0 Å². The maximum atomic E-state index is 10.8. The third kappa shape index (κ3) is 4.22. The maximum Gasteiger partial charge on any atom is 0.292 e. The van der Waals surface area contributed by atoms with E-state index in [1.54, 1.807) is 12.1 Å². The van der Waals surface area contributed by atoms with E-state index >= 15 is 0 Å². The highest BCUT2D eigenvalue weighted by atomic mass is 79.9. The molecule has 1 rings (SSSR count). The molecular weight excluding hydrogens is 288 g/mol. The van der Waals surface area contributed by atoms with Crippen molar-refractivity contribution in [2.24, 2.45) is 0 Å². The first-order valence-corrected chi connectivity index (χ1v) is 6.43. The Morgan fingerprint density at radius 1 is 1.47 bits per heavy atom. The first-order chi connectivity index (χ1) is 8.19. The number of hydrogen-bond donors (Lipinski definition) is 1. The van der Waals surface area contributed by atoms with Gasteiger partial charge >= 0.3 is 0 Å². The molecule has 0 fully saturated rings. The summed E-state index contributed by atoms with van der Waals surface area (Å²) >= 11 is 3.34. The Hall–Kier alpha value is -1.30. The number of ether oxygens (including phenoxy) is 1. The van der Waals surface area contributed by atoms with Crippen molar-refractivity contribution in [2.45, 2.75) is 12.8 Å². The third-order valence-electron chi connectivity index (χ3n) is 2.28. The number of unbranched alkanes of at least 4 members (excludes halogenated alkanes) is 1. The zero-order chi connectivity index (χ0) is 12.7. The van der Waals surface area contributed by atoms with Crippen molar-refractivity contribution in [1.82, 2.24) is 0 Å². The van der Waals surface area contributed by atoms with Gasteiger partial charge in [0.1, 0.15) is 11.4 Å². The molecule has 6 heteroatoms. The molecule has 0 aromatic heterocycles. The maximum absolute atomic E-state index is 10.8. The van der Waals surface area contributed by atoms with Crippen LogP contribution in [0, 0.1) is 10.1 Å². The molecule has 94 valence electrons. The minimum atomic E-state index is -0.397. The molecule has 1 aromatic carbocycles. The second-order valence-electron chi connectivity index (χ2n) is 3.46. The Morgan fingerprint density at radius 2 is 2.24 bits per heavy atom. The van der Waals surface area contributed by atoms with E-state index in [9.17, 15) is 10.1 Å². The Morgan fingerprint density at radius 3 is 2.82 bits per heavy atom. The minimum Gasteiger partial charge on any atom is -0.497 e. The lowest BCUT2D eigenvalue weighted by Crippen LogP contribution is -2.04. The molecule has 0 aliphatic rings. The van der Waals surface area contributed by atoms with Crippen LogP contribution < -0.4 is 10.1 Å². The monoisotopic (exact) mass is 302 g/mol. The summed E-state index contributed by atoms with van der Waals surface area (Å²) in [6, 6.07) is 4.68. The van der Waals surface area contributed by atoms with Crippen LogP contribution in [-0.4, -0.2) is 23.9 Å². The zero-order valence-electron chi connectivity index (χ0n) is 9.61. The van der Waals surface area contributed by atoms with Crippen LogP contribution in [0.3, 0.4) is 0 Å². The second kappa shape index (κ2) is 7.11. The molecule has 0 aliphatic heterocycles. The van der Waals surface area contributed by atoms with E-state index < -0.39 is 4.92 Å². The number of anilines is 1. The highest BCUT2D eigenvalue weighted by Crippen LogP contribution is 2.28. The van der Waals surface area contributed by atoms with Gasteiger partial charge in [0.2, 0.25) is 0 Å². The van der Waals surface area contributed by atoms with Crippen LogP contribution in [0.1, 0.15) is 12.8 Å². The molecule has 0 spiro atoms. The molecule has 17 heavy (non-hydrogen) atoms. The molecule has 0 saturated heterocycles. The van der Waals surface area contributed by atoms with Crippen LogP contribution in [0.15, 0.2) is 18.2 Å². The number of halogens is 1. The number of nitro benzene ring substituents is 1. The molecule has 0 heterocycles. The van der Waals surface area contributed by atoms with Crippen molar-refractivity contribution in [1.29, 1.82) is 0 Å². The Balaban J connectivity index is 2.75. The molecule has 0 unspecified atom stereocenters. The van der Waals surface area contributed by atoms with Gasteiger partial charge in [-0.05, 0) is 18.9 Å². The molecule has 0 bridgehead atoms. The van der Waals surface area contributed by atoms with E-state index in [2.05, 4.69) is 21.2 Å². The van der Waals surface area contributed by atoms with Gasteiger partial charge in [-0.3, -0.25) is 10.1 Å². The number of rotatable bonds is 7. The molecule has 5 nitrogen and oxygen atoms in total. The number of methoxy groups -OCH3 is 1. The van der Waals surface area contributed by atoms with E-state index in [4.69, 9.17) is 4.74 Å². The summed E-state index contributed by atoms with van der Waals surface area (Å²) in [7, 11) is 1.54. The van der Waals surface area contributed by atoms with Gasteiger partial charge in [-0.1, -0.05) is 15.9 Å². The summed E-state index contributed by atoms with van der Waals surface area (Å²) in [5.74, 6) is 0.610. The normalized spacial score (nSPS) is 10.0. The largest absolute Gasteiger partial charge is 0.497 e. The first kappa shape index (κ1) is 13.8. The fraction of sp³-hybridized carbons (Fsp3) is 0.455. The second-order valence-corrected chi connectivity index (χ2v) is 4.26. The van der Waals surface area contributed by atoms with E-state index in [-0.39, 0.29) is 5.69 Å². The molecule has 0 radical (unpaired) electrons. The van der Waals surface area contributed by atoms with Gasteiger partial charge in [-0.2, -0.15) is 0 Å². The standard InChI is InChI=1S/C11H15BrN2O3/c1-17-9-4-5-11(14(15)16)10(8-9)13-7-3-2-6-12/h4-5,8,13H,2-3,6-7H2,1H3. The molecule has 0 aliphatic carbocycles. The van der Waals surface area contributed by atoms with Crippen molar-refractivity contribution in [3.05, 3.63) is 28.3 Å². The molecular formula is C11H15BrN2O3. The lowest BCUT2D eigenvalue weighted by atomic mass is 10.2. The highest BCUT2D eigenvalue weighted by molar-refractivity contribution is 9.09. The van der Waals surface area contributed by atoms with Gasteiger partial charge in [0.25, 0.3) is 5.69 Å². The van der Waals surface area contributed by atoms with Crippen molar-refractivity contribution in [2.75, 3.05) is 24.3 Å². The topological polar surface area (TPSA) is 64.4 Å². The number of alkyl halides is 1. The van der Waals surface area contributed by atoms with Gasteiger partial charge in [0, 0.05) is 24.0 Å². The van der Waals surface area contributed by atoms with Crippen LogP contribution in [-0.2, 0) is 0 Å². The Labute approximate surface area is 108 Å². The highest BCUT2D eigenvalue weighted by Gasteiger charge is 2.13. The Bertz CT molecular complexity index is 385. The predicted molar refractivity (Wildman–Crippen MR) is 71.2 cm³/mol. The van der Waals surface area contributed by atoms with E-state index in [1.807, 2.05) is 0 Å². The summed E-state index contributed by atoms with van der Waals surface area (Å²) < 4.78 is 5.05. The third-order valence-corrected chi connectivity index (χ3v) is 2.84. The van der Waals surface area contributed by atoms with Crippen molar-refractivity contribution >= 4 is 27.3 Å². The molecule has 1 N–H and O–H groups in total. The molecule has 0 amide bonds. The van der Waals surface area contributed by atoms with Crippen LogP contribution in [0.2, 0.25) is 0 Å². The zero-order valence-corrected chi connectivity index (χ0v) is 11.2. The van der Waals surface area contributed by atoms with Crippen molar-refractivity contribution in [3.8, 4) is 5.75 Å². The Kier molecular flexibility index (Phi) is 5.76. The van der Waals surface area contributed by atoms with Gasteiger partial charge in [0.15, 0.2) is 0 Å². The molecule has 0 saturated carbocycles. The summed E-state index contributed by atoms with van der Waals surface area (Å²) in [5.41, 5.74) is 0.577. The number of nitro groups is 1. The molecule has 0 atom stereocenters. The summed E-state index contributed by atoms with van der Waals surface area (Å²) in [6.45, 7) is 0.708. The SMILES string of the molecule is COc1ccc([N+](=O)[O-])c(NCCCCBr)c1. The van der Waals surface area contributed by atoms with Crippen LogP contribution in [0.5, 0.6) is 5.75 Å². The van der Waals surface area contributed by atoms with Crippen molar-refractivity contribution < 1.29 is 9.66 Å². The summed E-state index contributed by atoms with van der Waals surface area (Å²) in [6.07, 6.45) is 1.99. The van der Waals surface area contributed by atoms with E-state index in [1.165, 1.54) is 13.2 Å². The van der Waals surface area contributed by atoms with Gasteiger partial charge in [-0.25, -0.2) is 0 Å². The molecule has 1 aromatic rings. The van der Waals surface area contributed by atoms with Crippen LogP contribution >= 0.6 is 15.9 Å². The fourth-order valence-corrected chi connectivity index (χ4v) is 1.78. The lowest BCUT2D eigenvalue weighted by molar-refractivity contribution is -0.384. The van der Waals surface area contributed by atoms with E-state index in [0.29, 0.717) is 18.0 Å². The average molecular weight is 303 g/mol. The van der Waals surface area contributed by atoms with Crippen LogP contribution in [0.4, 0.5) is 11.4 Å². The number of hydrogen-bond acceptors (Lipinski definition) is 4. The fourth-order valence-electron chi connectivity index (χ4n) is 1.39. The average Bonchev–Trinajstić information content (AvgIpc) is 2.34. The number of nitrogens with zero attached hydrogens (tertiary/aromatic N) is 1. The summed E-state index contributed by atoms with van der Waals surface area (Å²) in [4.78, 5) is 10.4. The number of benzene rings is 1. The van der Waals surface area contributed by atoms with Crippen LogP contribution in [0.25, 0.3) is 0 Å². The minimum absolute atomic E-state index is 0.0737. The predicted octanol–water partition coefficient (Wildman–Crippen LogP) is 3.19.